The Labute approximate surface area is 168 Å². The van der Waals surface area contributed by atoms with Gasteiger partial charge in [0.05, 0.1) is 12.2 Å². The summed E-state index contributed by atoms with van der Waals surface area (Å²) in [5, 5.41) is 5.03. The Morgan fingerprint density at radius 2 is 1.83 bits per heavy atom. The molecule has 0 aliphatic rings. The molecule has 0 spiro atoms. The number of benzene rings is 1. The average molecular weight is 420 g/mol. The van der Waals surface area contributed by atoms with Crippen LogP contribution in [0.15, 0.2) is 18.2 Å². The number of guanidine groups is 1. The Balaban J connectivity index is 2.38. The lowest BCUT2D eigenvalue weighted by atomic mass is 10.2. The van der Waals surface area contributed by atoms with Crippen molar-refractivity contribution in [2.45, 2.75) is 25.9 Å². The molecular weight excluding hydrogens is 389 g/mol. The predicted octanol–water partition coefficient (Wildman–Crippen LogP) is 0.361. The molecule has 7 N–H and O–H groups in total. The fourth-order valence-electron chi connectivity index (χ4n) is 2.60. The minimum atomic E-state index is -4.83. The Morgan fingerprint density at radius 3 is 2.38 bits per heavy atom. The van der Waals surface area contributed by atoms with Crippen LogP contribution in [-0.4, -0.2) is 68.0 Å². The number of nitrogens with one attached hydrogen (secondary N) is 2. The first-order chi connectivity index (χ1) is 13.6. The molecule has 0 fully saturated rings. The van der Waals surface area contributed by atoms with Crippen molar-refractivity contribution in [3.63, 3.8) is 0 Å². The van der Waals surface area contributed by atoms with Gasteiger partial charge in [0.15, 0.2) is 0 Å². The number of amides is 1. The normalized spacial score (nSPS) is 12.6. The van der Waals surface area contributed by atoms with E-state index in [1.165, 1.54) is 11.8 Å². The van der Waals surface area contributed by atoms with Gasteiger partial charge in [0.1, 0.15) is 7.11 Å². The molecular formula is C18H31F3N6O2+2. The highest BCUT2D eigenvalue weighted by molar-refractivity contribution is 5.81. The first-order valence-electron chi connectivity index (χ1n) is 9.23. The zero-order chi connectivity index (χ0) is 22.0. The van der Waals surface area contributed by atoms with Crippen molar-refractivity contribution >= 4 is 23.2 Å². The zero-order valence-electron chi connectivity index (χ0n) is 17.1. The molecule has 29 heavy (non-hydrogen) atoms. The molecule has 1 aromatic carbocycles. The van der Waals surface area contributed by atoms with Gasteiger partial charge in [-0.3, -0.25) is 10.5 Å². The van der Waals surface area contributed by atoms with E-state index >= 15 is 0 Å². The van der Waals surface area contributed by atoms with Gasteiger partial charge in [0, 0.05) is 17.8 Å². The summed E-state index contributed by atoms with van der Waals surface area (Å²) in [6.07, 6.45) is -3.62. The summed E-state index contributed by atoms with van der Waals surface area (Å²) < 4.78 is 37.8. The van der Waals surface area contributed by atoms with Gasteiger partial charge in [-0.25, -0.2) is 5.32 Å². The Bertz CT molecular complexity index is 709. The van der Waals surface area contributed by atoms with Crippen LogP contribution in [0.1, 0.15) is 18.4 Å². The van der Waals surface area contributed by atoms with Crippen LogP contribution in [0.25, 0.3) is 0 Å². The van der Waals surface area contributed by atoms with Crippen LogP contribution in [0.3, 0.4) is 0 Å². The molecule has 8 nitrogen and oxygen atoms in total. The van der Waals surface area contributed by atoms with Crippen LogP contribution in [0.4, 0.5) is 24.5 Å². The largest absolute Gasteiger partial charge is 0.483 e. The highest BCUT2D eigenvalue weighted by atomic mass is 19.4. The fourth-order valence-corrected chi connectivity index (χ4v) is 2.60. The second-order valence-corrected chi connectivity index (χ2v) is 6.68. The number of aryl methyl sites for hydroxylation is 1. The summed E-state index contributed by atoms with van der Waals surface area (Å²) in [6, 6.07) is 5.61. The Morgan fingerprint density at radius 1 is 1.24 bits per heavy atom. The molecule has 0 aliphatic heterocycles. The zero-order valence-corrected chi connectivity index (χ0v) is 17.1. The molecule has 1 rings (SSSR count). The molecule has 0 radical (unpaired) electrons. The van der Waals surface area contributed by atoms with Gasteiger partial charge in [-0.1, -0.05) is 6.07 Å². The van der Waals surface area contributed by atoms with E-state index in [1.807, 2.05) is 36.3 Å². The minimum Gasteiger partial charge on any atom is -0.395 e. The third-order valence-corrected chi connectivity index (χ3v) is 4.14. The fraction of sp³-hybridized carbons (Fsp3) is 0.556. The van der Waals surface area contributed by atoms with Gasteiger partial charge >= 0.3 is 18.0 Å². The Hall–Kier alpha value is -2.53. The van der Waals surface area contributed by atoms with E-state index in [0.717, 1.165) is 18.5 Å². The third kappa shape index (κ3) is 8.57. The summed E-state index contributed by atoms with van der Waals surface area (Å²) in [7, 11) is 3.40. The molecule has 0 atom stereocenters. The number of nitrogens with zero attached hydrogens (tertiary/aromatic N) is 2. The molecule has 11 heteroatoms. The lowest BCUT2D eigenvalue weighted by Gasteiger charge is -2.16. The average Bonchev–Trinajstić information content (AvgIpc) is 2.64. The molecule has 164 valence electrons. The summed E-state index contributed by atoms with van der Waals surface area (Å²) >= 11 is 0. The first kappa shape index (κ1) is 24.5. The van der Waals surface area contributed by atoms with Crippen LogP contribution >= 0.6 is 0 Å². The molecule has 0 saturated heterocycles. The van der Waals surface area contributed by atoms with E-state index < -0.39 is 12.1 Å². The van der Waals surface area contributed by atoms with Crippen molar-refractivity contribution in [2.24, 2.45) is 0 Å². The number of quaternary nitrogens is 1. The van der Waals surface area contributed by atoms with Crippen LogP contribution in [0, 0.1) is 6.92 Å². The summed E-state index contributed by atoms with van der Waals surface area (Å²) in [5.41, 5.74) is 12.3. The van der Waals surface area contributed by atoms with Crippen molar-refractivity contribution in [1.82, 2.24) is 15.5 Å². The maximum absolute atomic E-state index is 12.1. The number of anilines is 1. The summed E-state index contributed by atoms with van der Waals surface area (Å²) in [6.45, 7) is 3.87. The van der Waals surface area contributed by atoms with E-state index in [4.69, 9.17) is 10.6 Å². The number of hydrogen-bond donors (Lipinski definition) is 4. The maximum atomic E-state index is 12.1. The standard InChI is InChI=1S/C18H29F3N6O2/c1-13-6-7-14(22)15(12-13)27(29-3)17(23)25-9-5-11-26(2)10-4-8-24-16(28)18(19,20)21/h6-7,12H,4-5,8-11,22H2,1-3H3,(H3,23,24,25,28)/p+2. The molecule has 0 bridgehead atoms. The van der Waals surface area contributed by atoms with Crippen molar-refractivity contribution in [3.05, 3.63) is 23.8 Å². The van der Waals surface area contributed by atoms with Crippen molar-refractivity contribution in [2.75, 3.05) is 46.1 Å². The SMILES string of the molecule is CO/[N+](=C(/[NH3+])NCCCN(C)CCCNC(=O)C(F)(F)F)c1cc(C)ccc1N. The third-order valence-electron chi connectivity index (χ3n) is 4.14. The molecule has 0 saturated carbocycles. The van der Waals surface area contributed by atoms with Crippen molar-refractivity contribution in [3.8, 4) is 0 Å². The number of halogens is 3. The van der Waals surface area contributed by atoms with E-state index in [9.17, 15) is 18.0 Å². The van der Waals surface area contributed by atoms with Crippen LogP contribution in [-0.2, 0) is 9.63 Å². The lowest BCUT2D eigenvalue weighted by molar-refractivity contribution is -0.738. The topological polar surface area (TPSA) is 110 Å². The minimum absolute atomic E-state index is 0.0154. The number of nitrogen functional groups attached to an aromatic ring is 1. The molecule has 0 heterocycles. The monoisotopic (exact) mass is 420 g/mol. The van der Waals surface area contributed by atoms with E-state index in [-0.39, 0.29) is 6.54 Å². The van der Waals surface area contributed by atoms with Gasteiger partial charge in [-0.05, 0) is 51.1 Å². The lowest BCUT2D eigenvalue weighted by Crippen LogP contribution is -2.67. The Kier molecular flexibility index (Phi) is 9.69. The van der Waals surface area contributed by atoms with Crippen molar-refractivity contribution < 1.29 is 33.3 Å². The van der Waals surface area contributed by atoms with E-state index in [2.05, 4.69) is 11.1 Å². The number of carbonyl (C=O) groups is 1. The highest BCUT2D eigenvalue weighted by Gasteiger charge is 2.38. The first-order valence-corrected chi connectivity index (χ1v) is 9.23. The summed E-state index contributed by atoms with van der Waals surface area (Å²) in [5.74, 6) is -1.36. The second-order valence-electron chi connectivity index (χ2n) is 6.68. The van der Waals surface area contributed by atoms with Gasteiger partial charge < -0.3 is 20.8 Å². The molecule has 1 amide bonds. The quantitative estimate of drug-likeness (QED) is 0.109. The predicted molar refractivity (Wildman–Crippen MR) is 104 cm³/mol. The van der Waals surface area contributed by atoms with E-state index in [1.54, 1.807) is 6.07 Å². The second kappa shape index (κ2) is 11.5. The van der Waals surface area contributed by atoms with Crippen molar-refractivity contribution in [1.29, 1.82) is 0 Å². The molecule has 0 aliphatic carbocycles. The highest BCUT2D eigenvalue weighted by Crippen LogP contribution is 2.22. The number of nitrogens with two attached hydrogens (primary N) is 1. The smallest absolute Gasteiger partial charge is 0.395 e. The number of rotatable bonds is 10. The molecule has 0 unspecified atom stereocenters. The number of alkyl halides is 3. The maximum Gasteiger partial charge on any atom is 0.483 e. The summed E-state index contributed by atoms with van der Waals surface area (Å²) in [4.78, 5) is 18.1. The molecule has 1 aromatic rings. The van der Waals surface area contributed by atoms with Crippen LogP contribution in [0.5, 0.6) is 0 Å². The van der Waals surface area contributed by atoms with Crippen LogP contribution < -0.4 is 22.1 Å². The van der Waals surface area contributed by atoms with Crippen LogP contribution in [0.2, 0.25) is 0 Å². The van der Waals surface area contributed by atoms with Gasteiger partial charge in [0.2, 0.25) is 5.69 Å². The van der Waals surface area contributed by atoms with E-state index in [0.29, 0.717) is 36.8 Å². The van der Waals surface area contributed by atoms with Gasteiger partial charge in [0.25, 0.3) is 0 Å². The number of carbonyl (C=O) groups excluding carboxylic acids is 1. The molecule has 0 aromatic heterocycles. The number of hydrogen-bond acceptors (Lipinski definition) is 4. The van der Waals surface area contributed by atoms with Gasteiger partial charge in [-0.2, -0.15) is 13.2 Å². The van der Waals surface area contributed by atoms with Gasteiger partial charge in [-0.15, -0.1) is 0 Å².